The number of thiophene rings is 1. The van der Waals surface area contributed by atoms with Gasteiger partial charge in [0.2, 0.25) is 0 Å². The van der Waals surface area contributed by atoms with Crippen LogP contribution in [0.5, 0.6) is 0 Å². The summed E-state index contributed by atoms with van der Waals surface area (Å²) in [5, 5.41) is 7.69. The number of benzene rings is 1. The molecule has 25 heavy (non-hydrogen) atoms. The molecular formula is C19H15N5S. The molecule has 0 aliphatic rings. The number of H-pyrrole nitrogens is 1. The quantitative estimate of drug-likeness (QED) is 0.532. The number of aromatic amines is 1. The zero-order valence-corrected chi connectivity index (χ0v) is 14.4. The summed E-state index contributed by atoms with van der Waals surface area (Å²) >= 11 is 1.64. The molecule has 0 atom stereocenters. The number of nitrogens with zero attached hydrogens (tertiary/aromatic N) is 4. The predicted molar refractivity (Wildman–Crippen MR) is 99.9 cm³/mol. The molecule has 0 aliphatic carbocycles. The summed E-state index contributed by atoms with van der Waals surface area (Å²) in [6.45, 7) is 2.09. The van der Waals surface area contributed by atoms with Crippen LogP contribution in [-0.2, 0) is 6.42 Å². The van der Waals surface area contributed by atoms with Crippen molar-refractivity contribution in [2.45, 2.75) is 13.3 Å². The molecule has 0 aliphatic heterocycles. The standard InChI is InChI=1S/C19H15N5S/c1-12-14(10-13-6-3-2-4-7-13)16-18(21-12)20-11-24-19(16)22-17(23-24)15-8-5-9-25-15/h2-9,11,21H,10H2,1H3. The Kier molecular flexibility index (Phi) is 3.18. The summed E-state index contributed by atoms with van der Waals surface area (Å²) in [5.41, 5.74) is 5.33. The number of fused-ring (bicyclic) bond motifs is 3. The number of aryl methyl sites for hydroxylation is 1. The number of hydrogen-bond acceptors (Lipinski definition) is 4. The van der Waals surface area contributed by atoms with Gasteiger partial charge in [0.15, 0.2) is 11.5 Å². The SMILES string of the molecule is Cc1[nH]c2ncn3nc(-c4cccs4)nc3c2c1Cc1ccccc1. The van der Waals surface area contributed by atoms with E-state index in [0.717, 1.165) is 39.5 Å². The van der Waals surface area contributed by atoms with Crippen LogP contribution in [0.2, 0.25) is 0 Å². The summed E-state index contributed by atoms with van der Waals surface area (Å²) < 4.78 is 1.78. The van der Waals surface area contributed by atoms with Gasteiger partial charge >= 0.3 is 0 Å². The van der Waals surface area contributed by atoms with Gasteiger partial charge in [0.25, 0.3) is 0 Å². The van der Waals surface area contributed by atoms with Crippen LogP contribution >= 0.6 is 11.3 Å². The molecule has 1 N–H and O–H groups in total. The van der Waals surface area contributed by atoms with Crippen molar-refractivity contribution in [3.63, 3.8) is 0 Å². The van der Waals surface area contributed by atoms with Crippen molar-refractivity contribution >= 4 is 28.0 Å². The summed E-state index contributed by atoms with van der Waals surface area (Å²) in [5.74, 6) is 0.744. The van der Waals surface area contributed by atoms with Gasteiger partial charge in [-0.25, -0.2) is 14.5 Å². The van der Waals surface area contributed by atoms with Gasteiger partial charge in [0, 0.05) is 12.1 Å². The van der Waals surface area contributed by atoms with Crippen molar-refractivity contribution < 1.29 is 0 Å². The predicted octanol–water partition coefficient (Wildman–Crippen LogP) is 4.23. The lowest BCUT2D eigenvalue weighted by atomic mass is 10.0. The summed E-state index contributed by atoms with van der Waals surface area (Å²) in [4.78, 5) is 13.8. The first kappa shape index (κ1) is 14.4. The van der Waals surface area contributed by atoms with Crippen LogP contribution in [-0.4, -0.2) is 24.6 Å². The van der Waals surface area contributed by atoms with Crippen molar-refractivity contribution in [1.29, 1.82) is 0 Å². The summed E-state index contributed by atoms with van der Waals surface area (Å²) in [6, 6.07) is 14.5. The molecule has 0 saturated heterocycles. The van der Waals surface area contributed by atoms with Crippen molar-refractivity contribution in [2.24, 2.45) is 0 Å². The third-order valence-electron chi connectivity index (χ3n) is 4.41. The molecule has 5 aromatic rings. The highest BCUT2D eigenvalue weighted by Gasteiger charge is 2.17. The van der Waals surface area contributed by atoms with E-state index in [1.165, 1.54) is 11.1 Å². The summed E-state index contributed by atoms with van der Waals surface area (Å²) in [7, 11) is 0. The van der Waals surface area contributed by atoms with Gasteiger partial charge in [-0.15, -0.1) is 16.4 Å². The fourth-order valence-electron chi connectivity index (χ4n) is 3.20. The highest BCUT2D eigenvalue weighted by Crippen LogP contribution is 2.29. The zero-order chi connectivity index (χ0) is 16.8. The first-order valence-electron chi connectivity index (χ1n) is 8.10. The normalized spacial score (nSPS) is 11.6. The lowest BCUT2D eigenvalue weighted by molar-refractivity contribution is 0.937. The Labute approximate surface area is 148 Å². The highest BCUT2D eigenvalue weighted by molar-refractivity contribution is 7.13. The first-order valence-corrected chi connectivity index (χ1v) is 8.98. The van der Waals surface area contributed by atoms with Crippen LogP contribution in [0, 0.1) is 6.92 Å². The minimum Gasteiger partial charge on any atom is -0.343 e. The first-order chi connectivity index (χ1) is 12.3. The fraction of sp³-hybridized carbons (Fsp3) is 0.105. The van der Waals surface area contributed by atoms with Gasteiger partial charge < -0.3 is 4.98 Å². The van der Waals surface area contributed by atoms with Crippen LogP contribution in [0.15, 0.2) is 54.2 Å². The highest BCUT2D eigenvalue weighted by atomic mass is 32.1. The van der Waals surface area contributed by atoms with Gasteiger partial charge in [-0.3, -0.25) is 0 Å². The number of rotatable bonds is 3. The monoisotopic (exact) mass is 345 g/mol. The van der Waals surface area contributed by atoms with Crippen LogP contribution in [0.4, 0.5) is 0 Å². The molecule has 5 rings (SSSR count). The second kappa shape index (κ2) is 5.53. The molecule has 4 heterocycles. The van der Waals surface area contributed by atoms with Gasteiger partial charge in [0.1, 0.15) is 12.0 Å². The molecule has 0 radical (unpaired) electrons. The van der Waals surface area contributed by atoms with E-state index in [0.29, 0.717) is 0 Å². The average Bonchev–Trinajstić information content (AvgIpc) is 3.34. The number of hydrogen-bond donors (Lipinski definition) is 1. The molecule has 5 nitrogen and oxygen atoms in total. The van der Waals surface area contributed by atoms with E-state index < -0.39 is 0 Å². The summed E-state index contributed by atoms with van der Waals surface area (Å²) in [6.07, 6.45) is 2.57. The number of aromatic nitrogens is 5. The maximum absolute atomic E-state index is 4.80. The van der Waals surface area contributed by atoms with Gasteiger partial charge in [0.05, 0.1) is 10.3 Å². The second-order valence-corrected chi connectivity index (χ2v) is 6.99. The minimum atomic E-state index is 0.744. The van der Waals surface area contributed by atoms with E-state index in [2.05, 4.69) is 46.3 Å². The van der Waals surface area contributed by atoms with Crippen molar-refractivity contribution in [2.75, 3.05) is 0 Å². The van der Waals surface area contributed by atoms with Crippen molar-refractivity contribution in [1.82, 2.24) is 24.6 Å². The maximum Gasteiger partial charge on any atom is 0.192 e. The van der Waals surface area contributed by atoms with E-state index in [1.54, 1.807) is 22.2 Å². The molecule has 1 aromatic carbocycles. The van der Waals surface area contributed by atoms with E-state index in [-0.39, 0.29) is 0 Å². The number of nitrogens with one attached hydrogen (secondary N) is 1. The van der Waals surface area contributed by atoms with E-state index in [4.69, 9.17) is 4.98 Å². The van der Waals surface area contributed by atoms with Gasteiger partial charge in [-0.1, -0.05) is 36.4 Å². The van der Waals surface area contributed by atoms with E-state index in [1.807, 2.05) is 23.6 Å². The molecule has 122 valence electrons. The Morgan fingerprint density at radius 3 is 2.80 bits per heavy atom. The largest absolute Gasteiger partial charge is 0.343 e. The molecular weight excluding hydrogens is 330 g/mol. The van der Waals surface area contributed by atoms with Gasteiger partial charge in [-0.2, -0.15) is 0 Å². The Morgan fingerprint density at radius 2 is 2.00 bits per heavy atom. The van der Waals surface area contributed by atoms with E-state index >= 15 is 0 Å². The van der Waals surface area contributed by atoms with Crippen LogP contribution in [0.3, 0.4) is 0 Å². The lowest BCUT2D eigenvalue weighted by Crippen LogP contribution is -1.93. The third-order valence-corrected chi connectivity index (χ3v) is 5.28. The molecule has 0 unspecified atom stereocenters. The van der Waals surface area contributed by atoms with Crippen LogP contribution in [0.1, 0.15) is 16.8 Å². The molecule has 0 bridgehead atoms. The fourth-order valence-corrected chi connectivity index (χ4v) is 3.85. The van der Waals surface area contributed by atoms with E-state index in [9.17, 15) is 0 Å². The van der Waals surface area contributed by atoms with Gasteiger partial charge in [-0.05, 0) is 29.5 Å². The molecule has 0 amide bonds. The third kappa shape index (κ3) is 2.34. The van der Waals surface area contributed by atoms with Crippen LogP contribution < -0.4 is 0 Å². The molecule has 0 spiro atoms. The topological polar surface area (TPSA) is 58.9 Å². The zero-order valence-electron chi connectivity index (χ0n) is 13.6. The molecule has 4 aromatic heterocycles. The second-order valence-electron chi connectivity index (χ2n) is 6.04. The Bertz CT molecular complexity index is 1170. The Hall–Kier alpha value is -2.99. The Balaban J connectivity index is 1.74. The molecule has 6 heteroatoms. The maximum atomic E-state index is 4.80. The lowest BCUT2D eigenvalue weighted by Gasteiger charge is -2.02. The molecule has 0 saturated carbocycles. The smallest absolute Gasteiger partial charge is 0.192 e. The Morgan fingerprint density at radius 1 is 1.12 bits per heavy atom. The van der Waals surface area contributed by atoms with Crippen molar-refractivity contribution in [3.8, 4) is 10.7 Å². The van der Waals surface area contributed by atoms with Crippen LogP contribution in [0.25, 0.3) is 27.4 Å². The molecule has 0 fully saturated rings. The van der Waals surface area contributed by atoms with Crippen molar-refractivity contribution in [3.05, 3.63) is 71.0 Å². The average molecular weight is 345 g/mol. The minimum absolute atomic E-state index is 0.744.